The van der Waals surface area contributed by atoms with Crippen LogP contribution in [0, 0.1) is 17.8 Å². The number of amides is 1. The van der Waals surface area contributed by atoms with E-state index < -0.39 is 10.0 Å². The lowest BCUT2D eigenvalue weighted by Gasteiger charge is -2.38. The second kappa shape index (κ2) is 6.41. The van der Waals surface area contributed by atoms with Gasteiger partial charge in [0.05, 0.1) is 6.26 Å². The molecule has 0 spiro atoms. The number of sulfonamides is 1. The molecule has 2 aliphatic rings. The largest absolute Gasteiger partial charge is 0.342 e. The van der Waals surface area contributed by atoms with Crippen LogP contribution in [-0.4, -0.2) is 58.2 Å². The van der Waals surface area contributed by atoms with Gasteiger partial charge in [0.1, 0.15) is 0 Å². The fourth-order valence-electron chi connectivity index (χ4n) is 2.86. The van der Waals surface area contributed by atoms with Crippen LogP contribution in [0.3, 0.4) is 0 Å². The molecule has 2 rings (SSSR count). The van der Waals surface area contributed by atoms with Crippen molar-refractivity contribution in [2.45, 2.75) is 19.8 Å². The zero-order valence-electron chi connectivity index (χ0n) is 12.3. The summed E-state index contributed by atoms with van der Waals surface area (Å²) in [6, 6.07) is 0. The Morgan fingerprint density at radius 3 is 2.70 bits per heavy atom. The van der Waals surface area contributed by atoms with E-state index in [1.54, 1.807) is 0 Å². The lowest BCUT2D eigenvalue weighted by molar-refractivity contribution is -0.139. The summed E-state index contributed by atoms with van der Waals surface area (Å²) in [5, 5.41) is 3.20. The van der Waals surface area contributed by atoms with Crippen molar-refractivity contribution in [3.05, 3.63) is 0 Å². The molecule has 1 amide bonds. The predicted octanol–water partition coefficient (Wildman–Crippen LogP) is -0.370. The Kier molecular flexibility index (Phi) is 5.04. The zero-order valence-corrected chi connectivity index (χ0v) is 13.1. The minimum Gasteiger partial charge on any atom is -0.342 e. The fourth-order valence-corrected chi connectivity index (χ4v) is 3.39. The molecule has 7 heteroatoms. The third-order valence-electron chi connectivity index (χ3n) is 4.37. The lowest BCUT2D eigenvalue weighted by atomic mass is 9.87. The molecule has 0 aromatic carbocycles. The molecule has 6 nitrogen and oxygen atoms in total. The number of rotatable bonds is 5. The second-order valence-electron chi connectivity index (χ2n) is 6.12. The Hall–Kier alpha value is -0.660. The van der Waals surface area contributed by atoms with Crippen LogP contribution in [-0.2, 0) is 14.8 Å². The summed E-state index contributed by atoms with van der Waals surface area (Å²) in [6.45, 7) is 5.78. The van der Waals surface area contributed by atoms with Gasteiger partial charge in [-0.3, -0.25) is 4.79 Å². The lowest BCUT2D eigenvalue weighted by Crippen LogP contribution is -2.52. The van der Waals surface area contributed by atoms with Crippen LogP contribution in [0.25, 0.3) is 0 Å². The molecule has 0 aliphatic carbocycles. The van der Waals surface area contributed by atoms with Crippen LogP contribution >= 0.6 is 0 Å². The highest BCUT2D eigenvalue weighted by Crippen LogP contribution is 2.22. The fraction of sp³-hybridized carbons (Fsp3) is 0.923. The van der Waals surface area contributed by atoms with Crippen molar-refractivity contribution in [2.24, 2.45) is 17.8 Å². The van der Waals surface area contributed by atoms with E-state index >= 15 is 0 Å². The monoisotopic (exact) mass is 303 g/mol. The Balaban J connectivity index is 1.84. The van der Waals surface area contributed by atoms with Gasteiger partial charge >= 0.3 is 0 Å². The van der Waals surface area contributed by atoms with Crippen molar-refractivity contribution >= 4 is 15.9 Å². The average molecular weight is 303 g/mol. The first-order chi connectivity index (χ1) is 9.37. The van der Waals surface area contributed by atoms with Crippen molar-refractivity contribution in [1.29, 1.82) is 0 Å². The molecule has 2 N–H and O–H groups in total. The first-order valence-electron chi connectivity index (χ1n) is 7.31. The molecule has 0 aromatic heterocycles. The van der Waals surface area contributed by atoms with E-state index in [0.717, 1.165) is 32.5 Å². The summed E-state index contributed by atoms with van der Waals surface area (Å²) in [4.78, 5) is 14.4. The van der Waals surface area contributed by atoms with Gasteiger partial charge in [-0.2, -0.15) is 0 Å². The second-order valence-corrected chi connectivity index (χ2v) is 7.95. The van der Waals surface area contributed by atoms with Crippen molar-refractivity contribution in [3.8, 4) is 0 Å². The first kappa shape index (κ1) is 15.7. The maximum Gasteiger partial charge on any atom is 0.225 e. The normalized spacial score (nSPS) is 26.1. The summed E-state index contributed by atoms with van der Waals surface area (Å²) in [7, 11) is -3.15. The summed E-state index contributed by atoms with van der Waals surface area (Å²) >= 11 is 0. The van der Waals surface area contributed by atoms with E-state index in [9.17, 15) is 13.2 Å². The van der Waals surface area contributed by atoms with Crippen LogP contribution in [0.2, 0.25) is 0 Å². The highest BCUT2D eigenvalue weighted by molar-refractivity contribution is 7.88. The van der Waals surface area contributed by atoms with Gasteiger partial charge in [-0.05, 0) is 37.8 Å². The van der Waals surface area contributed by atoms with Gasteiger partial charge in [-0.25, -0.2) is 13.1 Å². The molecule has 0 saturated carbocycles. The maximum absolute atomic E-state index is 12.4. The third-order valence-corrected chi connectivity index (χ3v) is 5.07. The van der Waals surface area contributed by atoms with Gasteiger partial charge in [-0.15, -0.1) is 0 Å². The smallest absolute Gasteiger partial charge is 0.225 e. The van der Waals surface area contributed by atoms with E-state index in [4.69, 9.17) is 0 Å². The summed E-state index contributed by atoms with van der Waals surface area (Å²) in [5.41, 5.74) is 0. The van der Waals surface area contributed by atoms with Gasteiger partial charge in [-0.1, -0.05) is 6.92 Å². The van der Waals surface area contributed by atoms with Crippen molar-refractivity contribution < 1.29 is 13.2 Å². The van der Waals surface area contributed by atoms with Crippen LogP contribution in [0.15, 0.2) is 0 Å². The minimum atomic E-state index is -3.15. The standard InChI is InChI=1S/C13H25N3O3S/c1-10(12-7-14-8-12)13(17)16-5-3-4-11(9-16)6-15-20(2,18)19/h10-12,14-15H,3-9H2,1-2H3. The average Bonchev–Trinajstić information content (AvgIpc) is 2.33. The Bertz CT molecular complexity index is 448. The summed E-state index contributed by atoms with van der Waals surface area (Å²) in [5.74, 6) is 0.976. The predicted molar refractivity (Wildman–Crippen MR) is 77.7 cm³/mol. The van der Waals surface area contributed by atoms with Crippen LogP contribution in [0.1, 0.15) is 19.8 Å². The van der Waals surface area contributed by atoms with E-state index in [1.165, 1.54) is 6.26 Å². The van der Waals surface area contributed by atoms with Gasteiger partial charge < -0.3 is 10.2 Å². The Morgan fingerprint density at radius 2 is 2.15 bits per heavy atom. The van der Waals surface area contributed by atoms with E-state index in [0.29, 0.717) is 19.0 Å². The summed E-state index contributed by atoms with van der Waals surface area (Å²) in [6.07, 6.45) is 3.10. The summed E-state index contributed by atoms with van der Waals surface area (Å²) < 4.78 is 24.8. The number of carbonyl (C=O) groups is 1. The molecule has 2 aliphatic heterocycles. The number of likely N-dealkylation sites (tertiary alicyclic amines) is 1. The maximum atomic E-state index is 12.4. The van der Waals surface area contributed by atoms with Crippen molar-refractivity contribution in [2.75, 3.05) is 39.0 Å². The van der Waals surface area contributed by atoms with Crippen molar-refractivity contribution in [3.63, 3.8) is 0 Å². The number of nitrogens with zero attached hydrogens (tertiary/aromatic N) is 1. The number of nitrogens with one attached hydrogen (secondary N) is 2. The molecule has 2 saturated heterocycles. The first-order valence-corrected chi connectivity index (χ1v) is 9.20. The number of piperidine rings is 1. The van der Waals surface area contributed by atoms with Gasteiger partial charge in [0, 0.05) is 25.6 Å². The third kappa shape index (κ3) is 4.17. The molecule has 0 radical (unpaired) electrons. The molecule has 20 heavy (non-hydrogen) atoms. The van der Waals surface area contributed by atoms with E-state index in [-0.39, 0.29) is 17.7 Å². The molecule has 2 fully saturated rings. The highest BCUT2D eigenvalue weighted by Gasteiger charge is 2.33. The van der Waals surface area contributed by atoms with E-state index in [1.807, 2.05) is 11.8 Å². The zero-order chi connectivity index (χ0) is 14.8. The number of hydrogen-bond donors (Lipinski definition) is 2. The molecular weight excluding hydrogens is 278 g/mol. The topological polar surface area (TPSA) is 78.5 Å². The molecular formula is C13H25N3O3S. The SMILES string of the molecule is CC(C(=O)N1CCCC(CNS(C)(=O)=O)C1)C1CNC1. The minimum absolute atomic E-state index is 0.0675. The molecule has 2 heterocycles. The highest BCUT2D eigenvalue weighted by atomic mass is 32.2. The molecule has 2 atom stereocenters. The van der Waals surface area contributed by atoms with Gasteiger partial charge in [0.25, 0.3) is 0 Å². The number of carbonyl (C=O) groups excluding carboxylic acids is 1. The molecule has 0 aromatic rings. The van der Waals surface area contributed by atoms with E-state index in [2.05, 4.69) is 10.0 Å². The number of hydrogen-bond acceptors (Lipinski definition) is 4. The quantitative estimate of drug-likeness (QED) is 0.726. The van der Waals surface area contributed by atoms with Crippen LogP contribution < -0.4 is 10.0 Å². The molecule has 2 unspecified atom stereocenters. The Morgan fingerprint density at radius 1 is 1.45 bits per heavy atom. The van der Waals surface area contributed by atoms with Crippen LogP contribution in [0.5, 0.6) is 0 Å². The van der Waals surface area contributed by atoms with Crippen LogP contribution in [0.4, 0.5) is 0 Å². The Labute approximate surface area is 121 Å². The van der Waals surface area contributed by atoms with Gasteiger partial charge in [0.2, 0.25) is 15.9 Å². The van der Waals surface area contributed by atoms with Gasteiger partial charge in [0.15, 0.2) is 0 Å². The molecule has 116 valence electrons. The molecule has 0 bridgehead atoms. The van der Waals surface area contributed by atoms with Crippen molar-refractivity contribution in [1.82, 2.24) is 14.9 Å².